The summed E-state index contributed by atoms with van der Waals surface area (Å²) in [6, 6.07) is 1.68. The highest BCUT2D eigenvalue weighted by Gasteiger charge is 2.20. The van der Waals surface area contributed by atoms with Crippen molar-refractivity contribution in [1.82, 2.24) is 30.7 Å². The topological polar surface area (TPSA) is 113 Å². The molecule has 0 fully saturated rings. The molecule has 19 heavy (non-hydrogen) atoms. The number of aromatic nitrogens is 4. The van der Waals surface area contributed by atoms with Crippen molar-refractivity contribution in [3.05, 3.63) is 21.6 Å². The van der Waals surface area contributed by atoms with Crippen molar-refractivity contribution >= 4 is 21.4 Å². The molecule has 3 N–H and O–H groups in total. The Morgan fingerprint density at radius 3 is 2.84 bits per heavy atom. The molecule has 0 atom stereocenters. The Morgan fingerprint density at radius 2 is 2.21 bits per heavy atom. The Hall–Kier alpha value is -1.36. The van der Waals surface area contributed by atoms with E-state index in [-0.39, 0.29) is 6.54 Å². The third-order valence-corrected chi connectivity index (χ3v) is 5.08. The summed E-state index contributed by atoms with van der Waals surface area (Å²) in [4.78, 5) is 2.03. The second-order valence-electron chi connectivity index (χ2n) is 3.82. The van der Waals surface area contributed by atoms with Crippen LogP contribution in [-0.2, 0) is 23.1 Å². The van der Waals surface area contributed by atoms with E-state index in [1.165, 1.54) is 11.3 Å². The maximum atomic E-state index is 12.2. The number of nitrogens with zero attached hydrogens (tertiary/aromatic N) is 3. The number of nitrogens with one attached hydrogen (secondary N) is 3. The molecule has 0 aliphatic rings. The van der Waals surface area contributed by atoms with Crippen molar-refractivity contribution in [1.29, 1.82) is 0 Å². The Bertz CT molecular complexity index is 634. The van der Waals surface area contributed by atoms with Crippen LogP contribution in [0.3, 0.4) is 0 Å². The lowest BCUT2D eigenvalue weighted by Crippen LogP contribution is -2.24. The normalized spacial score (nSPS) is 11.9. The second kappa shape index (κ2) is 5.74. The van der Waals surface area contributed by atoms with Gasteiger partial charge in [-0.3, -0.25) is 0 Å². The maximum absolute atomic E-state index is 12.2. The van der Waals surface area contributed by atoms with E-state index in [0.29, 0.717) is 17.3 Å². The van der Waals surface area contributed by atoms with E-state index in [1.807, 2.05) is 7.05 Å². The van der Waals surface area contributed by atoms with E-state index < -0.39 is 10.0 Å². The number of sulfonamides is 1. The number of thiophene rings is 1. The van der Waals surface area contributed by atoms with Crippen molar-refractivity contribution in [3.8, 4) is 0 Å². The van der Waals surface area contributed by atoms with Gasteiger partial charge in [0.1, 0.15) is 0 Å². The zero-order valence-corrected chi connectivity index (χ0v) is 12.1. The molecule has 0 radical (unpaired) electrons. The lowest BCUT2D eigenvalue weighted by atomic mass is 10.4. The SMILES string of the molecule is CNCc1cc(S(=O)(=O)NCc2nn[nH]n2)c(C)s1. The van der Waals surface area contributed by atoms with Gasteiger partial charge in [-0.25, -0.2) is 13.1 Å². The molecule has 2 aromatic rings. The van der Waals surface area contributed by atoms with E-state index in [2.05, 4.69) is 30.7 Å². The second-order valence-corrected chi connectivity index (χ2v) is 6.89. The molecule has 0 spiro atoms. The molecule has 0 saturated carbocycles. The monoisotopic (exact) mass is 302 g/mol. The highest BCUT2D eigenvalue weighted by molar-refractivity contribution is 7.89. The van der Waals surface area contributed by atoms with E-state index in [9.17, 15) is 8.42 Å². The Labute approximate surface area is 114 Å². The predicted molar refractivity (Wildman–Crippen MR) is 70.0 cm³/mol. The number of hydrogen-bond donors (Lipinski definition) is 3. The molecule has 2 heterocycles. The van der Waals surface area contributed by atoms with E-state index >= 15 is 0 Å². The van der Waals surface area contributed by atoms with Crippen LogP contribution in [0.25, 0.3) is 0 Å². The number of hydrogen-bond acceptors (Lipinski definition) is 7. The van der Waals surface area contributed by atoms with Gasteiger partial charge in [0.15, 0.2) is 5.82 Å². The molecule has 0 bridgehead atoms. The van der Waals surface area contributed by atoms with Gasteiger partial charge in [0, 0.05) is 16.3 Å². The van der Waals surface area contributed by atoms with E-state index in [1.54, 1.807) is 13.0 Å². The van der Waals surface area contributed by atoms with Gasteiger partial charge >= 0.3 is 0 Å². The zero-order valence-electron chi connectivity index (χ0n) is 10.5. The average Bonchev–Trinajstić information content (AvgIpc) is 2.97. The van der Waals surface area contributed by atoms with Gasteiger partial charge in [0.2, 0.25) is 10.0 Å². The van der Waals surface area contributed by atoms with Crippen molar-refractivity contribution in [2.75, 3.05) is 7.05 Å². The first-order chi connectivity index (χ1) is 9.03. The fourth-order valence-electron chi connectivity index (χ4n) is 1.55. The third kappa shape index (κ3) is 3.35. The van der Waals surface area contributed by atoms with Gasteiger partial charge in [0.05, 0.1) is 11.4 Å². The zero-order chi connectivity index (χ0) is 13.9. The Morgan fingerprint density at radius 1 is 1.42 bits per heavy atom. The first-order valence-corrected chi connectivity index (χ1v) is 7.79. The van der Waals surface area contributed by atoms with Gasteiger partial charge < -0.3 is 5.32 Å². The number of aromatic amines is 1. The van der Waals surface area contributed by atoms with Crippen LogP contribution in [0.15, 0.2) is 11.0 Å². The van der Waals surface area contributed by atoms with Crippen molar-refractivity contribution in [2.24, 2.45) is 0 Å². The molecule has 10 heteroatoms. The summed E-state index contributed by atoms with van der Waals surface area (Å²) >= 11 is 1.46. The summed E-state index contributed by atoms with van der Waals surface area (Å²) in [5, 5.41) is 16.0. The summed E-state index contributed by atoms with van der Waals surface area (Å²) in [5.41, 5.74) is 0. The van der Waals surface area contributed by atoms with Crippen LogP contribution in [-0.4, -0.2) is 36.1 Å². The molecule has 0 amide bonds. The molecule has 0 aromatic carbocycles. The average molecular weight is 302 g/mol. The standard InChI is InChI=1S/C9H14N6O2S2/c1-6-8(3-7(18-6)4-10-2)19(16,17)11-5-9-12-14-15-13-9/h3,10-11H,4-5H2,1-2H3,(H,12,13,14,15). The lowest BCUT2D eigenvalue weighted by Gasteiger charge is -2.03. The number of rotatable bonds is 6. The third-order valence-electron chi connectivity index (χ3n) is 2.37. The minimum atomic E-state index is -3.55. The lowest BCUT2D eigenvalue weighted by molar-refractivity contribution is 0.579. The summed E-state index contributed by atoms with van der Waals surface area (Å²) in [7, 11) is -1.74. The smallest absolute Gasteiger partial charge is 0.242 e. The molecule has 0 saturated heterocycles. The van der Waals surface area contributed by atoms with Gasteiger partial charge in [0.25, 0.3) is 0 Å². The molecule has 104 valence electrons. The van der Waals surface area contributed by atoms with E-state index in [4.69, 9.17) is 0 Å². The maximum Gasteiger partial charge on any atom is 0.242 e. The first-order valence-electron chi connectivity index (χ1n) is 5.49. The van der Waals surface area contributed by atoms with Crippen LogP contribution >= 0.6 is 11.3 Å². The summed E-state index contributed by atoms with van der Waals surface area (Å²) < 4.78 is 26.8. The summed E-state index contributed by atoms with van der Waals surface area (Å²) in [6.07, 6.45) is 0. The minimum Gasteiger partial charge on any atom is -0.315 e. The number of aryl methyl sites for hydroxylation is 1. The highest BCUT2D eigenvalue weighted by Crippen LogP contribution is 2.25. The molecule has 2 rings (SSSR count). The van der Waals surface area contributed by atoms with Crippen molar-refractivity contribution in [3.63, 3.8) is 0 Å². The van der Waals surface area contributed by atoms with Crippen LogP contribution in [0, 0.1) is 6.92 Å². The Balaban J connectivity index is 2.14. The van der Waals surface area contributed by atoms with E-state index in [0.717, 1.165) is 9.75 Å². The molecular formula is C9H14N6O2S2. The Kier molecular flexibility index (Phi) is 4.24. The van der Waals surface area contributed by atoms with Crippen molar-refractivity contribution in [2.45, 2.75) is 24.9 Å². The number of H-pyrrole nitrogens is 1. The van der Waals surface area contributed by atoms with Gasteiger partial charge in [-0.15, -0.1) is 21.5 Å². The first kappa shape index (κ1) is 14.1. The van der Waals surface area contributed by atoms with Crippen LogP contribution in [0.4, 0.5) is 0 Å². The molecular weight excluding hydrogens is 288 g/mol. The van der Waals surface area contributed by atoms with Gasteiger partial charge in [-0.05, 0) is 20.0 Å². The molecule has 2 aromatic heterocycles. The van der Waals surface area contributed by atoms with Crippen molar-refractivity contribution < 1.29 is 8.42 Å². The van der Waals surface area contributed by atoms with Gasteiger partial charge in [-0.1, -0.05) is 5.21 Å². The minimum absolute atomic E-state index is 0.00941. The fraction of sp³-hybridized carbons (Fsp3) is 0.444. The number of tetrazole rings is 1. The highest BCUT2D eigenvalue weighted by atomic mass is 32.2. The van der Waals surface area contributed by atoms with Crippen LogP contribution in [0.1, 0.15) is 15.6 Å². The molecule has 0 aliphatic heterocycles. The van der Waals surface area contributed by atoms with Gasteiger partial charge in [-0.2, -0.15) is 5.21 Å². The molecule has 8 nitrogen and oxygen atoms in total. The molecule has 0 unspecified atom stereocenters. The van der Waals surface area contributed by atoms with Crippen LogP contribution in [0.5, 0.6) is 0 Å². The fourth-order valence-corrected chi connectivity index (χ4v) is 4.17. The predicted octanol–water partition coefficient (Wildman–Crippen LogP) is -0.232. The summed E-state index contributed by atoms with van der Waals surface area (Å²) in [5.74, 6) is 0.298. The molecule has 0 aliphatic carbocycles. The van der Waals surface area contributed by atoms with Crippen LogP contribution in [0.2, 0.25) is 0 Å². The largest absolute Gasteiger partial charge is 0.315 e. The quantitative estimate of drug-likeness (QED) is 0.679. The van der Waals surface area contributed by atoms with Crippen LogP contribution < -0.4 is 10.0 Å². The summed E-state index contributed by atoms with van der Waals surface area (Å²) in [6.45, 7) is 2.44.